The normalized spacial score (nSPS) is 32.0. The quantitative estimate of drug-likeness (QED) is 0.401. The minimum atomic E-state index is -1.41. The molecule has 2 fully saturated rings. The summed E-state index contributed by atoms with van der Waals surface area (Å²) in [6, 6.07) is 5.80. The summed E-state index contributed by atoms with van der Waals surface area (Å²) in [6.45, 7) is 6.19. The fraction of sp³-hybridized carbons (Fsp3) is 0.567. The van der Waals surface area contributed by atoms with Gasteiger partial charge in [-0.15, -0.1) is 5.10 Å². The molecule has 11 nitrogen and oxygen atoms in total. The van der Waals surface area contributed by atoms with Crippen LogP contribution >= 0.6 is 0 Å². The van der Waals surface area contributed by atoms with Crippen LogP contribution in [0.4, 0.5) is 0 Å². The highest BCUT2D eigenvalue weighted by molar-refractivity contribution is 5.99. The van der Waals surface area contributed by atoms with Crippen molar-refractivity contribution in [2.45, 2.75) is 70.0 Å². The maximum absolute atomic E-state index is 14.6. The Balaban J connectivity index is 1.47. The molecule has 0 aliphatic carbocycles. The number of aromatic nitrogens is 3. The summed E-state index contributed by atoms with van der Waals surface area (Å²) in [5, 5.41) is 19.0. The van der Waals surface area contributed by atoms with E-state index in [1.54, 1.807) is 9.58 Å². The van der Waals surface area contributed by atoms with E-state index in [0.29, 0.717) is 24.8 Å². The van der Waals surface area contributed by atoms with Gasteiger partial charge in [-0.2, -0.15) is 0 Å². The standard InChI is InChI=1S/C30H37N5O6/c1-4-29-12-7-8-15-40-28(39)24(29)23-26(37)35(20(17-36)16-19(2)3)25-27(38)33(14-9-13-30(23,25)41-29)18-34-22-11-6-5-10-21(22)31-32-34/h5-7,9-13,19-20,23-25,36H,4,8,14-18H2,1-3H3/t20-,23+,24-,25?,29+,30+/m1/s1. The van der Waals surface area contributed by atoms with Gasteiger partial charge in [0.1, 0.15) is 35.3 Å². The molecule has 218 valence electrons. The van der Waals surface area contributed by atoms with E-state index in [9.17, 15) is 19.5 Å². The average Bonchev–Trinajstić information content (AvgIpc) is 3.53. The first-order valence-electron chi connectivity index (χ1n) is 14.5. The number of esters is 1. The van der Waals surface area contributed by atoms with Crippen molar-refractivity contribution in [2.75, 3.05) is 19.8 Å². The van der Waals surface area contributed by atoms with Crippen LogP contribution in [0.1, 0.15) is 40.0 Å². The molecule has 41 heavy (non-hydrogen) atoms. The Kier molecular flexibility index (Phi) is 6.97. The van der Waals surface area contributed by atoms with E-state index in [1.807, 2.05) is 69.3 Å². The molecule has 5 heterocycles. The SMILES string of the molecule is CC[C@]12C=CCCOC(=O)[C@H]1[C@H]1C(=O)N([C@@H](CO)CC(C)C)C3C(=O)N(Cn4nnc5ccccc54)CC=C[C@@]31O2. The van der Waals surface area contributed by atoms with Crippen LogP contribution in [0.5, 0.6) is 0 Å². The summed E-state index contributed by atoms with van der Waals surface area (Å²) in [5.74, 6) is -2.94. The predicted octanol–water partition coefficient (Wildman–Crippen LogP) is 2.06. The maximum Gasteiger partial charge on any atom is 0.313 e. The zero-order valence-corrected chi connectivity index (χ0v) is 23.7. The van der Waals surface area contributed by atoms with Crippen molar-refractivity contribution < 1.29 is 29.0 Å². The predicted molar refractivity (Wildman–Crippen MR) is 148 cm³/mol. The molecule has 4 aliphatic heterocycles. The first-order valence-corrected chi connectivity index (χ1v) is 14.5. The summed E-state index contributed by atoms with van der Waals surface area (Å²) in [4.78, 5) is 45.9. The number of amides is 2. The molecular formula is C30H37N5O6. The third-order valence-corrected chi connectivity index (χ3v) is 9.00. The Morgan fingerprint density at radius 2 is 1.90 bits per heavy atom. The molecule has 6 atom stereocenters. The molecule has 0 saturated carbocycles. The molecule has 1 spiro atoms. The van der Waals surface area contributed by atoms with Gasteiger partial charge in [0.25, 0.3) is 5.91 Å². The largest absolute Gasteiger partial charge is 0.465 e. The zero-order valence-electron chi connectivity index (χ0n) is 23.7. The third-order valence-electron chi connectivity index (χ3n) is 9.00. The first-order chi connectivity index (χ1) is 19.8. The summed E-state index contributed by atoms with van der Waals surface area (Å²) in [5.41, 5.74) is -1.02. The van der Waals surface area contributed by atoms with Gasteiger partial charge in [0.05, 0.1) is 30.7 Å². The van der Waals surface area contributed by atoms with Crippen LogP contribution in [-0.2, 0) is 30.5 Å². The summed E-state index contributed by atoms with van der Waals surface area (Å²) >= 11 is 0. The van der Waals surface area contributed by atoms with E-state index >= 15 is 0 Å². The second kappa shape index (κ2) is 10.4. The Labute approximate surface area is 238 Å². The van der Waals surface area contributed by atoms with Crippen LogP contribution < -0.4 is 0 Å². The molecule has 1 unspecified atom stereocenters. The maximum atomic E-state index is 14.6. The van der Waals surface area contributed by atoms with Crippen molar-refractivity contribution in [3.05, 3.63) is 48.6 Å². The van der Waals surface area contributed by atoms with E-state index < -0.39 is 41.1 Å². The number of rotatable bonds is 7. The molecule has 2 aromatic rings. The lowest BCUT2D eigenvalue weighted by atomic mass is 9.73. The Morgan fingerprint density at radius 3 is 2.66 bits per heavy atom. The second-order valence-corrected chi connectivity index (χ2v) is 11.9. The summed E-state index contributed by atoms with van der Waals surface area (Å²) in [7, 11) is 0. The lowest BCUT2D eigenvalue weighted by molar-refractivity contribution is -0.164. The lowest BCUT2D eigenvalue weighted by Crippen LogP contribution is -2.59. The average molecular weight is 564 g/mol. The molecule has 0 bridgehead atoms. The number of aliphatic hydroxyl groups excluding tert-OH is 1. The van der Waals surface area contributed by atoms with Crippen molar-refractivity contribution in [2.24, 2.45) is 17.8 Å². The van der Waals surface area contributed by atoms with E-state index in [-0.39, 0.29) is 44.2 Å². The topological polar surface area (TPSA) is 127 Å². The number of ether oxygens (including phenoxy) is 2. The highest BCUT2D eigenvalue weighted by Gasteiger charge is 2.76. The fourth-order valence-electron chi connectivity index (χ4n) is 7.24. The van der Waals surface area contributed by atoms with Gasteiger partial charge >= 0.3 is 5.97 Å². The molecule has 1 N–H and O–H groups in total. The molecule has 1 aromatic heterocycles. The fourth-order valence-corrected chi connectivity index (χ4v) is 7.24. The van der Waals surface area contributed by atoms with Crippen molar-refractivity contribution in [1.29, 1.82) is 0 Å². The van der Waals surface area contributed by atoms with Crippen LogP contribution in [0.3, 0.4) is 0 Å². The van der Waals surface area contributed by atoms with Gasteiger partial charge in [-0.05, 0) is 37.3 Å². The van der Waals surface area contributed by atoms with Gasteiger partial charge in [-0.25, -0.2) is 4.68 Å². The van der Waals surface area contributed by atoms with Crippen LogP contribution in [-0.4, -0.2) is 90.7 Å². The van der Waals surface area contributed by atoms with E-state index in [4.69, 9.17) is 9.47 Å². The van der Waals surface area contributed by atoms with Crippen LogP contribution in [0.25, 0.3) is 11.0 Å². The van der Waals surface area contributed by atoms with Crippen LogP contribution in [0, 0.1) is 17.8 Å². The molecule has 2 saturated heterocycles. The van der Waals surface area contributed by atoms with Crippen LogP contribution in [0.15, 0.2) is 48.6 Å². The highest BCUT2D eigenvalue weighted by atomic mass is 16.6. The number of likely N-dealkylation sites (tertiary alicyclic amines) is 1. The minimum Gasteiger partial charge on any atom is -0.465 e. The number of benzene rings is 1. The number of hydrogen-bond donors (Lipinski definition) is 1. The van der Waals surface area contributed by atoms with E-state index in [1.165, 1.54) is 4.90 Å². The third kappa shape index (κ3) is 4.20. The number of fused-ring (bicyclic) bond motifs is 3. The number of para-hydroxylation sites is 1. The molecule has 6 rings (SSSR count). The first kappa shape index (κ1) is 27.6. The van der Waals surface area contributed by atoms with Gasteiger partial charge in [-0.1, -0.05) is 62.4 Å². The number of nitrogens with zero attached hydrogens (tertiary/aromatic N) is 5. The molecule has 0 radical (unpaired) electrons. The van der Waals surface area contributed by atoms with Gasteiger partial charge in [0, 0.05) is 6.54 Å². The Bertz CT molecular complexity index is 1420. The molecule has 11 heteroatoms. The van der Waals surface area contributed by atoms with E-state index in [2.05, 4.69) is 10.3 Å². The number of aliphatic hydroxyl groups is 1. The lowest BCUT2D eigenvalue weighted by Gasteiger charge is -2.41. The van der Waals surface area contributed by atoms with Gasteiger partial charge in [-0.3, -0.25) is 14.4 Å². The summed E-state index contributed by atoms with van der Waals surface area (Å²) in [6.07, 6.45) is 8.92. The zero-order chi connectivity index (χ0) is 28.9. The summed E-state index contributed by atoms with van der Waals surface area (Å²) < 4.78 is 14.2. The number of hydrogen-bond acceptors (Lipinski definition) is 8. The number of carbonyl (C=O) groups excluding carboxylic acids is 3. The van der Waals surface area contributed by atoms with Crippen molar-refractivity contribution in [3.63, 3.8) is 0 Å². The van der Waals surface area contributed by atoms with E-state index in [0.717, 1.165) is 5.52 Å². The van der Waals surface area contributed by atoms with Gasteiger partial charge < -0.3 is 24.4 Å². The number of cyclic esters (lactones) is 1. The molecule has 4 aliphatic rings. The highest BCUT2D eigenvalue weighted by Crippen LogP contribution is 2.58. The van der Waals surface area contributed by atoms with Crippen molar-refractivity contribution in [3.8, 4) is 0 Å². The Morgan fingerprint density at radius 1 is 1.10 bits per heavy atom. The van der Waals surface area contributed by atoms with Crippen LogP contribution in [0.2, 0.25) is 0 Å². The van der Waals surface area contributed by atoms with Gasteiger partial charge in [0.2, 0.25) is 5.91 Å². The minimum absolute atomic E-state index is 0.112. The second-order valence-electron chi connectivity index (χ2n) is 11.9. The molecule has 1 aromatic carbocycles. The monoisotopic (exact) mass is 563 g/mol. The Hall–Kier alpha value is -3.57. The van der Waals surface area contributed by atoms with Crippen molar-refractivity contribution >= 4 is 28.8 Å². The molecule has 2 amide bonds. The van der Waals surface area contributed by atoms with Gasteiger partial charge in [0.15, 0.2) is 0 Å². The van der Waals surface area contributed by atoms with Crippen molar-refractivity contribution in [1.82, 2.24) is 24.8 Å². The smallest absolute Gasteiger partial charge is 0.313 e. The number of carbonyl (C=O) groups is 3. The molecular weight excluding hydrogens is 526 g/mol.